The van der Waals surface area contributed by atoms with E-state index in [1.54, 1.807) is 24.3 Å². The summed E-state index contributed by atoms with van der Waals surface area (Å²) in [7, 11) is 0. The van der Waals surface area contributed by atoms with E-state index in [0.29, 0.717) is 16.1 Å². The number of nitrogens with zero attached hydrogens (tertiary/aromatic N) is 3. The molecule has 2 N–H and O–H groups in total. The molecular formula is C21H15N5O2S2. The lowest BCUT2D eigenvalue weighted by Crippen LogP contribution is -2.17. The van der Waals surface area contributed by atoms with Crippen LogP contribution >= 0.6 is 23.1 Å². The minimum absolute atomic E-state index is 0.0104. The summed E-state index contributed by atoms with van der Waals surface area (Å²) in [5.74, 6) is -0.277. The van der Waals surface area contributed by atoms with Gasteiger partial charge in [-0.05, 0) is 24.8 Å². The third kappa shape index (κ3) is 3.86. The molecule has 1 aromatic carbocycles. The van der Waals surface area contributed by atoms with Gasteiger partial charge in [0.15, 0.2) is 5.16 Å². The molecule has 0 radical (unpaired) electrons. The molecule has 2 heterocycles. The molecular weight excluding hydrogens is 418 g/mol. The molecule has 0 fully saturated rings. The number of amides is 1. The molecule has 148 valence electrons. The van der Waals surface area contributed by atoms with Gasteiger partial charge in [0.2, 0.25) is 5.91 Å². The van der Waals surface area contributed by atoms with Gasteiger partial charge >= 0.3 is 0 Å². The molecule has 0 saturated carbocycles. The number of hydrogen-bond donors (Lipinski definition) is 2. The Labute approximate surface area is 180 Å². The first-order chi connectivity index (χ1) is 14.6. The minimum Gasteiger partial charge on any atom is -0.316 e. The quantitative estimate of drug-likeness (QED) is 0.469. The van der Waals surface area contributed by atoms with Crippen molar-refractivity contribution in [1.29, 1.82) is 10.5 Å². The number of fused-ring (bicyclic) bond motifs is 1. The lowest BCUT2D eigenvalue weighted by Gasteiger charge is -2.07. The molecule has 0 unspecified atom stereocenters. The third-order valence-electron chi connectivity index (χ3n) is 4.68. The second-order valence-corrected chi connectivity index (χ2v) is 8.65. The normalized spacial score (nSPS) is 12.1. The van der Waals surface area contributed by atoms with Crippen LogP contribution in [0.25, 0.3) is 11.3 Å². The number of carbonyl (C=O) groups excluding carboxylic acids is 1. The number of carbonyl (C=O) groups is 1. The summed E-state index contributed by atoms with van der Waals surface area (Å²) in [6.45, 7) is 0. The molecule has 2 aromatic heterocycles. The van der Waals surface area contributed by atoms with E-state index in [0.717, 1.165) is 36.6 Å². The van der Waals surface area contributed by atoms with Gasteiger partial charge in [0.05, 0.1) is 17.0 Å². The van der Waals surface area contributed by atoms with E-state index in [2.05, 4.69) is 21.4 Å². The fourth-order valence-electron chi connectivity index (χ4n) is 3.34. The number of H-pyrrole nitrogens is 1. The summed E-state index contributed by atoms with van der Waals surface area (Å²) in [4.78, 5) is 32.8. The SMILES string of the molecule is N#Cc1c(NC(=O)CSc2nc(-c3ccccc3)c(C#N)c(=O)[nH]2)sc2c1CCC2. The van der Waals surface area contributed by atoms with Crippen LogP contribution in [-0.4, -0.2) is 21.6 Å². The molecule has 1 amide bonds. The van der Waals surface area contributed by atoms with Crippen LogP contribution in [0, 0.1) is 22.7 Å². The topological polar surface area (TPSA) is 122 Å². The fraction of sp³-hybridized carbons (Fsp3) is 0.190. The number of aryl methyl sites for hydroxylation is 1. The number of nitriles is 2. The van der Waals surface area contributed by atoms with Crippen molar-refractivity contribution < 1.29 is 4.79 Å². The van der Waals surface area contributed by atoms with Crippen molar-refractivity contribution in [2.75, 3.05) is 11.1 Å². The van der Waals surface area contributed by atoms with E-state index in [9.17, 15) is 20.1 Å². The Morgan fingerprint density at radius 1 is 1.20 bits per heavy atom. The summed E-state index contributed by atoms with van der Waals surface area (Å²) in [6, 6.07) is 13.1. The Morgan fingerprint density at radius 2 is 1.97 bits per heavy atom. The van der Waals surface area contributed by atoms with E-state index in [1.165, 1.54) is 16.2 Å². The third-order valence-corrected chi connectivity index (χ3v) is 6.76. The van der Waals surface area contributed by atoms with Crippen molar-refractivity contribution in [3.63, 3.8) is 0 Å². The molecule has 0 spiro atoms. The van der Waals surface area contributed by atoms with Gasteiger partial charge in [0.25, 0.3) is 5.56 Å². The van der Waals surface area contributed by atoms with E-state index >= 15 is 0 Å². The summed E-state index contributed by atoms with van der Waals surface area (Å²) in [6.07, 6.45) is 2.86. The lowest BCUT2D eigenvalue weighted by atomic mass is 10.1. The number of thiophene rings is 1. The highest BCUT2D eigenvalue weighted by Gasteiger charge is 2.23. The number of aromatic amines is 1. The van der Waals surface area contributed by atoms with E-state index in [1.807, 2.05) is 12.1 Å². The largest absolute Gasteiger partial charge is 0.316 e. The van der Waals surface area contributed by atoms with Crippen LogP contribution in [0.4, 0.5) is 5.00 Å². The zero-order chi connectivity index (χ0) is 21.1. The first-order valence-corrected chi connectivity index (χ1v) is 11.0. The predicted octanol–water partition coefficient (Wildman–Crippen LogP) is 3.46. The second kappa shape index (κ2) is 8.54. The molecule has 9 heteroatoms. The highest BCUT2D eigenvalue weighted by Crippen LogP contribution is 2.38. The van der Waals surface area contributed by atoms with Gasteiger partial charge in [0, 0.05) is 10.4 Å². The van der Waals surface area contributed by atoms with Gasteiger partial charge in [-0.2, -0.15) is 10.5 Å². The maximum Gasteiger partial charge on any atom is 0.270 e. The summed E-state index contributed by atoms with van der Waals surface area (Å²) < 4.78 is 0. The van der Waals surface area contributed by atoms with Crippen molar-refractivity contribution in [3.8, 4) is 23.4 Å². The highest BCUT2D eigenvalue weighted by molar-refractivity contribution is 7.99. The minimum atomic E-state index is -0.546. The molecule has 1 aliphatic rings. The van der Waals surface area contributed by atoms with Crippen LogP contribution in [0.3, 0.4) is 0 Å². The number of hydrogen-bond acceptors (Lipinski definition) is 7. The van der Waals surface area contributed by atoms with Gasteiger partial charge in [-0.15, -0.1) is 11.3 Å². The molecule has 0 atom stereocenters. The predicted molar refractivity (Wildman–Crippen MR) is 115 cm³/mol. The van der Waals surface area contributed by atoms with Gasteiger partial charge in [0.1, 0.15) is 22.7 Å². The van der Waals surface area contributed by atoms with Crippen LogP contribution in [-0.2, 0) is 17.6 Å². The number of benzene rings is 1. The van der Waals surface area contributed by atoms with Gasteiger partial charge in [-0.3, -0.25) is 9.59 Å². The van der Waals surface area contributed by atoms with E-state index in [4.69, 9.17) is 0 Å². The summed E-state index contributed by atoms with van der Waals surface area (Å²) >= 11 is 2.52. The standard InChI is InChI=1S/C21H15N5O2S2/c22-9-14-13-7-4-8-16(13)30-20(14)24-17(27)11-29-21-25-18(12-5-2-1-3-6-12)15(10-23)19(28)26-21/h1-3,5-6H,4,7-8,11H2,(H,24,27)(H,25,26,28). The smallest absolute Gasteiger partial charge is 0.270 e. The second-order valence-electron chi connectivity index (χ2n) is 6.58. The van der Waals surface area contributed by atoms with Crippen molar-refractivity contribution >= 4 is 34.0 Å². The Morgan fingerprint density at radius 3 is 2.70 bits per heavy atom. The van der Waals surface area contributed by atoms with Gasteiger partial charge in [-0.1, -0.05) is 42.1 Å². The van der Waals surface area contributed by atoms with E-state index < -0.39 is 5.56 Å². The molecule has 3 aromatic rings. The molecule has 4 rings (SSSR count). The average molecular weight is 434 g/mol. The van der Waals surface area contributed by atoms with Gasteiger partial charge < -0.3 is 10.3 Å². The van der Waals surface area contributed by atoms with Crippen LogP contribution < -0.4 is 10.9 Å². The zero-order valence-corrected chi connectivity index (χ0v) is 17.3. The molecule has 30 heavy (non-hydrogen) atoms. The summed E-state index contributed by atoms with van der Waals surface area (Å²) in [5.41, 5.74) is 1.93. The Balaban J connectivity index is 1.51. The van der Waals surface area contributed by atoms with Crippen LogP contribution in [0.1, 0.15) is 28.0 Å². The van der Waals surface area contributed by atoms with Crippen LogP contribution in [0.2, 0.25) is 0 Å². The average Bonchev–Trinajstić information content (AvgIpc) is 3.33. The lowest BCUT2D eigenvalue weighted by molar-refractivity contribution is -0.113. The number of rotatable bonds is 5. The number of nitrogens with one attached hydrogen (secondary N) is 2. The molecule has 0 bridgehead atoms. The Hall–Kier alpha value is -3.40. The number of thioether (sulfide) groups is 1. The maximum absolute atomic E-state index is 12.4. The fourth-order valence-corrected chi connectivity index (χ4v) is 5.25. The van der Waals surface area contributed by atoms with Crippen LogP contribution in [0.15, 0.2) is 40.3 Å². The maximum atomic E-state index is 12.4. The first kappa shape index (κ1) is 19.9. The van der Waals surface area contributed by atoms with Crippen molar-refractivity contribution in [1.82, 2.24) is 9.97 Å². The van der Waals surface area contributed by atoms with Gasteiger partial charge in [-0.25, -0.2) is 4.98 Å². The summed E-state index contributed by atoms with van der Waals surface area (Å²) in [5, 5.41) is 22.4. The highest BCUT2D eigenvalue weighted by atomic mass is 32.2. The number of aromatic nitrogens is 2. The molecule has 1 aliphatic carbocycles. The monoisotopic (exact) mass is 433 g/mol. The number of anilines is 1. The van der Waals surface area contributed by atoms with Crippen molar-refractivity contribution in [2.24, 2.45) is 0 Å². The Bertz CT molecular complexity index is 1270. The van der Waals surface area contributed by atoms with E-state index in [-0.39, 0.29) is 28.1 Å². The van der Waals surface area contributed by atoms with Crippen molar-refractivity contribution in [2.45, 2.75) is 24.4 Å². The first-order valence-electron chi connectivity index (χ1n) is 9.18. The Kier molecular flexibility index (Phi) is 5.66. The van der Waals surface area contributed by atoms with Crippen LogP contribution in [0.5, 0.6) is 0 Å². The molecule has 0 saturated heterocycles. The zero-order valence-electron chi connectivity index (χ0n) is 15.7. The molecule has 0 aliphatic heterocycles. The van der Waals surface area contributed by atoms with Crippen molar-refractivity contribution in [3.05, 3.63) is 62.3 Å². The molecule has 7 nitrogen and oxygen atoms in total.